The lowest BCUT2D eigenvalue weighted by molar-refractivity contribution is -0.140. The molecule has 0 radical (unpaired) electrons. The molecule has 0 saturated carbocycles. The number of likely N-dealkylation sites (N-methyl/N-ethyl adjacent to an activating group) is 1. The molecular formula is C25H27FN2O4. The standard InChI is InChI=1S/C25H27FN2O4/c1-5-14-32-20-11-8-18(15-16(20)2)23(29)21-22(17-6-9-19(26)10-7-17)28(13-12-27(3)4)25(31)24(21)30/h5-11,15,22,29H,1,12-14H2,2-4H3/t22-/m0/s1. The molecule has 2 aromatic carbocycles. The highest BCUT2D eigenvalue weighted by Gasteiger charge is 2.45. The highest BCUT2D eigenvalue weighted by Crippen LogP contribution is 2.39. The molecule has 1 saturated heterocycles. The van der Waals surface area contributed by atoms with Crippen LogP contribution in [0.5, 0.6) is 5.75 Å². The summed E-state index contributed by atoms with van der Waals surface area (Å²) in [5.74, 6) is -1.53. The number of ketones is 1. The van der Waals surface area contributed by atoms with Crippen LogP contribution in [0.2, 0.25) is 0 Å². The summed E-state index contributed by atoms with van der Waals surface area (Å²) < 4.78 is 19.1. The molecule has 1 amide bonds. The van der Waals surface area contributed by atoms with Crippen LogP contribution in [0.25, 0.3) is 5.76 Å². The largest absolute Gasteiger partial charge is 0.507 e. The smallest absolute Gasteiger partial charge is 0.295 e. The first-order valence-electron chi connectivity index (χ1n) is 10.3. The van der Waals surface area contributed by atoms with E-state index in [2.05, 4.69) is 6.58 Å². The molecule has 1 fully saturated rings. The third-order valence-electron chi connectivity index (χ3n) is 5.32. The summed E-state index contributed by atoms with van der Waals surface area (Å²) >= 11 is 0. The third-order valence-corrected chi connectivity index (χ3v) is 5.32. The number of Topliss-reactive ketones (excluding diaryl/α,β-unsaturated/α-hetero) is 1. The molecule has 0 aliphatic carbocycles. The van der Waals surface area contributed by atoms with Gasteiger partial charge in [-0.2, -0.15) is 0 Å². The van der Waals surface area contributed by atoms with Gasteiger partial charge < -0.3 is 19.6 Å². The molecule has 2 aromatic rings. The van der Waals surface area contributed by atoms with Gasteiger partial charge in [0.15, 0.2) is 0 Å². The molecule has 32 heavy (non-hydrogen) atoms. The average molecular weight is 438 g/mol. The number of likely N-dealkylation sites (tertiary alicyclic amines) is 1. The number of halogens is 1. The van der Waals surface area contributed by atoms with Crippen molar-refractivity contribution in [1.82, 2.24) is 9.80 Å². The number of hydrogen-bond donors (Lipinski definition) is 1. The first-order valence-corrected chi connectivity index (χ1v) is 10.3. The maximum absolute atomic E-state index is 13.5. The van der Waals surface area contributed by atoms with Crippen LogP contribution < -0.4 is 4.74 Å². The van der Waals surface area contributed by atoms with Gasteiger partial charge in [-0.05, 0) is 62.5 Å². The fourth-order valence-electron chi connectivity index (χ4n) is 3.67. The van der Waals surface area contributed by atoms with Gasteiger partial charge in [-0.3, -0.25) is 9.59 Å². The van der Waals surface area contributed by atoms with E-state index in [4.69, 9.17) is 4.74 Å². The molecule has 0 unspecified atom stereocenters. The third kappa shape index (κ3) is 4.73. The minimum Gasteiger partial charge on any atom is -0.507 e. The van der Waals surface area contributed by atoms with Crippen LogP contribution in [0.1, 0.15) is 22.7 Å². The van der Waals surface area contributed by atoms with E-state index in [9.17, 15) is 19.1 Å². The first-order chi connectivity index (χ1) is 15.2. The normalized spacial score (nSPS) is 17.8. The Morgan fingerprint density at radius 2 is 1.91 bits per heavy atom. The maximum Gasteiger partial charge on any atom is 0.295 e. The lowest BCUT2D eigenvalue weighted by atomic mass is 9.94. The molecule has 0 spiro atoms. The number of hydrogen-bond acceptors (Lipinski definition) is 5. The first kappa shape index (κ1) is 23.2. The number of amides is 1. The molecule has 1 N–H and O–H groups in total. The van der Waals surface area contributed by atoms with Crippen LogP contribution in [0, 0.1) is 12.7 Å². The van der Waals surface area contributed by atoms with Gasteiger partial charge >= 0.3 is 0 Å². The van der Waals surface area contributed by atoms with Crippen molar-refractivity contribution in [3.05, 3.63) is 83.2 Å². The SMILES string of the molecule is C=CCOc1ccc(C(O)=C2C(=O)C(=O)N(CCN(C)C)[C@H]2c2ccc(F)cc2)cc1C. The van der Waals surface area contributed by atoms with Gasteiger partial charge in [0.2, 0.25) is 0 Å². The lowest BCUT2D eigenvalue weighted by Crippen LogP contribution is -2.35. The molecule has 0 aromatic heterocycles. The van der Waals surface area contributed by atoms with Crippen molar-refractivity contribution in [3.8, 4) is 5.75 Å². The van der Waals surface area contributed by atoms with E-state index < -0.39 is 23.5 Å². The van der Waals surface area contributed by atoms with Crippen molar-refractivity contribution in [1.29, 1.82) is 0 Å². The molecule has 3 rings (SSSR count). The number of carbonyl (C=O) groups is 2. The van der Waals surface area contributed by atoms with Gasteiger partial charge in [-0.1, -0.05) is 24.8 Å². The summed E-state index contributed by atoms with van der Waals surface area (Å²) in [5.41, 5.74) is 1.69. The number of rotatable bonds is 8. The van der Waals surface area contributed by atoms with Crippen molar-refractivity contribution in [2.75, 3.05) is 33.8 Å². The van der Waals surface area contributed by atoms with Crippen LogP contribution in [0.15, 0.2) is 60.7 Å². The summed E-state index contributed by atoms with van der Waals surface area (Å²) in [6.07, 6.45) is 1.63. The number of ether oxygens (including phenoxy) is 1. The van der Waals surface area contributed by atoms with E-state index in [0.717, 1.165) is 5.56 Å². The van der Waals surface area contributed by atoms with Crippen LogP contribution in [-0.4, -0.2) is 60.4 Å². The van der Waals surface area contributed by atoms with Crippen LogP contribution >= 0.6 is 0 Å². The predicted molar refractivity (Wildman–Crippen MR) is 121 cm³/mol. The van der Waals surface area contributed by atoms with Gasteiger partial charge in [-0.15, -0.1) is 0 Å². The zero-order chi connectivity index (χ0) is 23.4. The van der Waals surface area contributed by atoms with Crippen LogP contribution in [0.3, 0.4) is 0 Å². The minimum atomic E-state index is -0.812. The summed E-state index contributed by atoms with van der Waals surface area (Å²) in [6, 6.07) is 9.82. The van der Waals surface area contributed by atoms with Gasteiger partial charge in [0.05, 0.1) is 11.6 Å². The predicted octanol–water partition coefficient (Wildman–Crippen LogP) is 3.68. The number of carbonyl (C=O) groups excluding carboxylic acids is 2. The van der Waals surface area contributed by atoms with Crippen molar-refractivity contribution in [3.63, 3.8) is 0 Å². The van der Waals surface area contributed by atoms with Crippen LogP contribution in [-0.2, 0) is 9.59 Å². The molecule has 1 atom stereocenters. The van der Waals surface area contributed by atoms with E-state index in [1.54, 1.807) is 24.3 Å². The molecule has 1 heterocycles. The topological polar surface area (TPSA) is 70.1 Å². The second kappa shape index (κ2) is 9.78. The second-order valence-corrected chi connectivity index (χ2v) is 7.93. The molecule has 0 bridgehead atoms. The van der Waals surface area contributed by atoms with Crippen molar-refractivity contribution >= 4 is 17.4 Å². The van der Waals surface area contributed by atoms with E-state index in [1.165, 1.54) is 29.2 Å². The summed E-state index contributed by atoms with van der Waals surface area (Å²) in [4.78, 5) is 29.2. The Bertz CT molecular complexity index is 1060. The van der Waals surface area contributed by atoms with Gasteiger partial charge in [0.25, 0.3) is 11.7 Å². The number of aliphatic hydroxyl groups excluding tert-OH is 1. The molecule has 1 aliphatic heterocycles. The second-order valence-electron chi connectivity index (χ2n) is 7.93. The number of aliphatic hydroxyl groups is 1. The number of nitrogens with zero attached hydrogens (tertiary/aromatic N) is 2. The van der Waals surface area contributed by atoms with Crippen molar-refractivity contribution in [2.24, 2.45) is 0 Å². The quantitative estimate of drug-likeness (QED) is 0.295. The molecule has 7 heteroatoms. The Labute approximate surface area is 187 Å². The average Bonchev–Trinajstić information content (AvgIpc) is 3.01. The minimum absolute atomic E-state index is 0.0143. The molecular weight excluding hydrogens is 411 g/mol. The Kier molecular flexibility index (Phi) is 7.10. The Morgan fingerprint density at radius 3 is 2.50 bits per heavy atom. The number of benzene rings is 2. The highest BCUT2D eigenvalue weighted by atomic mass is 19.1. The maximum atomic E-state index is 13.5. The zero-order valence-electron chi connectivity index (χ0n) is 18.5. The molecule has 1 aliphatic rings. The van der Waals surface area contributed by atoms with E-state index >= 15 is 0 Å². The van der Waals surface area contributed by atoms with Gasteiger partial charge in [-0.25, -0.2) is 4.39 Å². The number of aryl methyl sites for hydroxylation is 1. The lowest BCUT2D eigenvalue weighted by Gasteiger charge is -2.26. The van der Waals surface area contributed by atoms with Crippen LogP contribution in [0.4, 0.5) is 4.39 Å². The highest BCUT2D eigenvalue weighted by molar-refractivity contribution is 6.46. The Hall–Kier alpha value is -3.45. The van der Waals surface area contributed by atoms with E-state index in [-0.39, 0.29) is 17.9 Å². The van der Waals surface area contributed by atoms with E-state index in [0.29, 0.717) is 30.0 Å². The van der Waals surface area contributed by atoms with Gasteiger partial charge in [0, 0.05) is 18.7 Å². The fraction of sp³-hybridized carbons (Fsp3) is 0.280. The zero-order valence-corrected chi connectivity index (χ0v) is 18.5. The summed E-state index contributed by atoms with van der Waals surface area (Å²) in [5, 5.41) is 11.1. The summed E-state index contributed by atoms with van der Waals surface area (Å²) in [6.45, 7) is 6.59. The van der Waals surface area contributed by atoms with Crippen molar-refractivity contribution < 1.29 is 23.8 Å². The molecule has 6 nitrogen and oxygen atoms in total. The monoisotopic (exact) mass is 438 g/mol. The Balaban J connectivity index is 2.09. The van der Waals surface area contributed by atoms with Gasteiger partial charge in [0.1, 0.15) is 23.9 Å². The summed E-state index contributed by atoms with van der Waals surface area (Å²) in [7, 11) is 3.73. The van der Waals surface area contributed by atoms with Crippen molar-refractivity contribution in [2.45, 2.75) is 13.0 Å². The fourth-order valence-corrected chi connectivity index (χ4v) is 3.67. The Morgan fingerprint density at radius 1 is 1.22 bits per heavy atom. The molecule has 168 valence electrons. The van der Waals surface area contributed by atoms with E-state index in [1.807, 2.05) is 25.9 Å².